The number of thiazole rings is 1. The molecule has 0 atom stereocenters. The number of ether oxygens (including phenoxy) is 1. The average molecular weight is 333 g/mol. The number of benzene rings is 2. The zero-order valence-electron chi connectivity index (χ0n) is 13.6. The lowest BCUT2D eigenvalue weighted by Crippen LogP contribution is -2.26. The zero-order valence-corrected chi connectivity index (χ0v) is 14.4. The molecule has 0 aliphatic rings. The van der Waals surface area contributed by atoms with Crippen molar-refractivity contribution in [2.75, 3.05) is 7.11 Å². The van der Waals surface area contributed by atoms with Gasteiger partial charge in [0.05, 0.1) is 7.11 Å². The normalized spacial score (nSPS) is 10.9. The van der Waals surface area contributed by atoms with Crippen molar-refractivity contribution in [3.05, 3.63) is 72.4 Å². The monoisotopic (exact) mass is 333 g/mol. The van der Waals surface area contributed by atoms with Crippen molar-refractivity contribution in [3.8, 4) is 27.6 Å². The maximum Gasteiger partial charge on any atom is 0.391 e. The molecule has 2 aromatic carbocycles. The number of aromatic nitrogens is 2. The molecule has 0 aliphatic heterocycles. The highest BCUT2D eigenvalue weighted by molar-refractivity contribution is 7.20. The lowest BCUT2D eigenvalue weighted by molar-refractivity contribution is -0.526. The van der Waals surface area contributed by atoms with E-state index in [4.69, 9.17) is 9.72 Å². The summed E-state index contributed by atoms with van der Waals surface area (Å²) >= 11 is 1.65. The van der Waals surface area contributed by atoms with Crippen LogP contribution in [0.3, 0.4) is 0 Å². The van der Waals surface area contributed by atoms with Crippen LogP contribution in [0, 0.1) is 6.92 Å². The van der Waals surface area contributed by atoms with Gasteiger partial charge in [-0.05, 0) is 28.8 Å². The van der Waals surface area contributed by atoms with Crippen LogP contribution in [0.15, 0.2) is 66.7 Å². The number of hydrogen-bond donors (Lipinski definition) is 0. The highest BCUT2D eigenvalue weighted by atomic mass is 32.1. The van der Waals surface area contributed by atoms with Crippen molar-refractivity contribution in [2.45, 2.75) is 6.92 Å². The van der Waals surface area contributed by atoms with Gasteiger partial charge in [0.25, 0.3) is 0 Å². The third-order valence-corrected chi connectivity index (χ3v) is 5.07. The van der Waals surface area contributed by atoms with Crippen LogP contribution in [-0.4, -0.2) is 12.1 Å². The minimum Gasteiger partial charge on any atom is -0.464 e. The van der Waals surface area contributed by atoms with E-state index in [-0.39, 0.29) is 0 Å². The van der Waals surface area contributed by atoms with Crippen molar-refractivity contribution in [3.63, 3.8) is 0 Å². The Morgan fingerprint density at radius 3 is 2.17 bits per heavy atom. The molecular weight excluding hydrogens is 316 g/mol. The molecule has 0 aliphatic carbocycles. The first-order valence-corrected chi connectivity index (χ1v) is 8.60. The first-order chi connectivity index (χ1) is 11.8. The summed E-state index contributed by atoms with van der Waals surface area (Å²) in [7, 11) is 1.71. The second-order valence-corrected chi connectivity index (χ2v) is 6.55. The fourth-order valence-corrected chi connectivity index (χ4v) is 4.02. The second-order valence-electron chi connectivity index (χ2n) is 5.57. The highest BCUT2D eigenvalue weighted by Crippen LogP contribution is 2.35. The summed E-state index contributed by atoms with van der Waals surface area (Å²) in [5.74, 6) is 0.839. The van der Waals surface area contributed by atoms with E-state index in [1.54, 1.807) is 18.4 Å². The number of methoxy groups -OCH3 is 1. The lowest BCUT2D eigenvalue weighted by atomic mass is 10.1. The average Bonchev–Trinajstić information content (AvgIpc) is 3.02. The van der Waals surface area contributed by atoms with Crippen LogP contribution in [0.5, 0.6) is 5.88 Å². The number of aryl methyl sites for hydroxylation is 1. The predicted octanol–water partition coefficient (Wildman–Crippen LogP) is 4.53. The van der Waals surface area contributed by atoms with Crippen molar-refractivity contribution in [2.24, 2.45) is 0 Å². The van der Waals surface area contributed by atoms with Gasteiger partial charge in [-0.2, -0.15) is 4.40 Å². The lowest BCUT2D eigenvalue weighted by Gasteiger charge is -2.01. The van der Waals surface area contributed by atoms with E-state index in [2.05, 4.69) is 41.7 Å². The summed E-state index contributed by atoms with van der Waals surface area (Å²) in [6.45, 7) is 2.09. The van der Waals surface area contributed by atoms with E-state index in [9.17, 15) is 0 Å². The fourth-order valence-electron chi connectivity index (χ4n) is 2.86. The Morgan fingerprint density at radius 2 is 1.54 bits per heavy atom. The summed E-state index contributed by atoms with van der Waals surface area (Å²) in [4.78, 5) is 6.89. The fraction of sp³-hybridized carbons (Fsp3) is 0.100. The number of hydrogen-bond acceptors (Lipinski definition) is 3. The summed E-state index contributed by atoms with van der Waals surface area (Å²) in [5.41, 5.74) is 4.35. The maximum absolute atomic E-state index is 5.71. The van der Waals surface area contributed by atoms with Crippen LogP contribution in [0.2, 0.25) is 0 Å². The molecular formula is C20H17N2OS+. The first kappa shape index (κ1) is 14.8. The van der Waals surface area contributed by atoms with Crippen LogP contribution in [-0.2, 0) is 0 Å². The number of rotatable bonds is 3. The molecule has 118 valence electrons. The standard InChI is InChI=1S/C20H17N2OS/c1-14-13-17(15-9-5-3-6-10-15)21-20-22(14)19(23-2)18(24-20)16-11-7-4-8-12-16/h3-13H,1-2H3/q+1. The third-order valence-electron chi connectivity index (χ3n) is 4.00. The van der Waals surface area contributed by atoms with Gasteiger partial charge in [-0.25, -0.2) is 0 Å². The van der Waals surface area contributed by atoms with Gasteiger partial charge in [0.1, 0.15) is 10.6 Å². The summed E-state index contributed by atoms with van der Waals surface area (Å²) in [5, 5.41) is 0. The van der Waals surface area contributed by atoms with Gasteiger partial charge in [0.2, 0.25) is 0 Å². The van der Waals surface area contributed by atoms with E-state index in [1.165, 1.54) is 0 Å². The molecule has 24 heavy (non-hydrogen) atoms. The molecule has 2 aromatic heterocycles. The zero-order chi connectivity index (χ0) is 16.5. The second kappa shape index (κ2) is 6.06. The number of nitrogens with zero attached hydrogens (tertiary/aromatic N) is 2. The molecule has 4 aromatic rings. The molecule has 0 bridgehead atoms. The van der Waals surface area contributed by atoms with E-state index in [1.807, 2.05) is 36.4 Å². The topological polar surface area (TPSA) is 26.2 Å². The van der Waals surface area contributed by atoms with Crippen LogP contribution < -0.4 is 9.14 Å². The van der Waals surface area contributed by atoms with Crippen molar-refractivity contribution in [1.29, 1.82) is 0 Å². The Kier molecular flexibility index (Phi) is 3.75. The van der Waals surface area contributed by atoms with Crippen LogP contribution in [0.1, 0.15) is 5.69 Å². The van der Waals surface area contributed by atoms with E-state index < -0.39 is 0 Å². The Morgan fingerprint density at radius 1 is 0.917 bits per heavy atom. The molecule has 0 amide bonds. The van der Waals surface area contributed by atoms with Crippen LogP contribution in [0.4, 0.5) is 0 Å². The Bertz CT molecular complexity index is 995. The number of fused-ring (bicyclic) bond motifs is 1. The minimum absolute atomic E-state index is 0.839. The van der Waals surface area contributed by atoms with Crippen LogP contribution in [0.25, 0.3) is 26.7 Å². The van der Waals surface area contributed by atoms with Gasteiger partial charge in [-0.15, -0.1) is 0 Å². The van der Waals surface area contributed by atoms with Crippen LogP contribution >= 0.6 is 11.3 Å². The Labute approximate surface area is 144 Å². The molecule has 2 heterocycles. The maximum atomic E-state index is 5.71. The SMILES string of the molecule is COc1c(-c2ccccc2)sc2nc(-c3ccccc3)cc(C)[n+]12. The first-order valence-electron chi connectivity index (χ1n) is 7.79. The highest BCUT2D eigenvalue weighted by Gasteiger charge is 2.25. The molecule has 3 nitrogen and oxygen atoms in total. The minimum atomic E-state index is 0.839. The van der Waals surface area contributed by atoms with Gasteiger partial charge < -0.3 is 4.74 Å². The predicted molar refractivity (Wildman–Crippen MR) is 97.4 cm³/mol. The Balaban J connectivity index is 1.97. The van der Waals surface area contributed by atoms with Gasteiger partial charge >= 0.3 is 10.8 Å². The molecule has 4 rings (SSSR count). The molecule has 0 fully saturated rings. The summed E-state index contributed by atoms with van der Waals surface area (Å²) in [6, 6.07) is 22.7. The van der Waals surface area contributed by atoms with Crippen molar-refractivity contribution >= 4 is 16.3 Å². The van der Waals surface area contributed by atoms with Gasteiger partial charge in [-0.3, -0.25) is 0 Å². The molecule has 0 N–H and O–H groups in total. The largest absolute Gasteiger partial charge is 0.464 e. The van der Waals surface area contributed by atoms with Gasteiger partial charge in [0.15, 0.2) is 5.69 Å². The van der Waals surface area contributed by atoms with E-state index >= 15 is 0 Å². The summed E-state index contributed by atoms with van der Waals surface area (Å²) < 4.78 is 7.80. The van der Waals surface area contributed by atoms with Crippen molar-refractivity contribution < 1.29 is 9.14 Å². The molecule has 4 heteroatoms. The van der Waals surface area contributed by atoms with Gasteiger partial charge in [0, 0.05) is 11.6 Å². The third kappa shape index (κ3) is 2.45. The Hall–Kier alpha value is -2.72. The molecule has 0 spiro atoms. The summed E-state index contributed by atoms with van der Waals surface area (Å²) in [6.07, 6.45) is 0. The molecule has 0 radical (unpaired) electrons. The van der Waals surface area contributed by atoms with Crippen molar-refractivity contribution in [1.82, 2.24) is 4.98 Å². The quantitative estimate of drug-likeness (QED) is 0.515. The molecule has 0 saturated heterocycles. The van der Waals surface area contributed by atoms with Gasteiger partial charge in [-0.1, -0.05) is 60.7 Å². The van der Waals surface area contributed by atoms with E-state index in [0.717, 1.165) is 38.2 Å². The molecule has 0 saturated carbocycles. The smallest absolute Gasteiger partial charge is 0.391 e. The molecule has 0 unspecified atom stereocenters. The van der Waals surface area contributed by atoms with E-state index in [0.29, 0.717) is 0 Å².